The van der Waals surface area contributed by atoms with Crippen LogP contribution in [0.5, 0.6) is 0 Å². The number of anilines is 1. The van der Waals surface area contributed by atoms with Crippen molar-refractivity contribution in [3.63, 3.8) is 0 Å². The molecule has 2 heterocycles. The van der Waals surface area contributed by atoms with Crippen LogP contribution >= 0.6 is 0 Å². The Labute approximate surface area is 212 Å². The van der Waals surface area contributed by atoms with E-state index in [1.807, 2.05) is 6.20 Å². The van der Waals surface area contributed by atoms with Crippen LogP contribution in [0.1, 0.15) is 78.5 Å². The Kier molecular flexibility index (Phi) is 4.37. The van der Waals surface area contributed by atoms with Crippen molar-refractivity contribution in [1.82, 2.24) is 15.1 Å². The van der Waals surface area contributed by atoms with Gasteiger partial charge in [-0.05, 0) is 85.7 Å². The molecule has 8 rings (SSSR count). The summed E-state index contributed by atoms with van der Waals surface area (Å²) in [7, 11) is 0. The Balaban J connectivity index is 1.11. The Morgan fingerprint density at radius 1 is 0.972 bits per heavy atom. The van der Waals surface area contributed by atoms with Crippen LogP contribution in [0.2, 0.25) is 0 Å². The van der Waals surface area contributed by atoms with Crippen LogP contribution in [0, 0.1) is 23.2 Å². The van der Waals surface area contributed by atoms with Crippen molar-refractivity contribution in [2.75, 3.05) is 5.32 Å². The molecule has 36 heavy (non-hydrogen) atoms. The van der Waals surface area contributed by atoms with Crippen LogP contribution in [0.3, 0.4) is 0 Å². The number of fused-ring (bicyclic) bond motifs is 3. The third kappa shape index (κ3) is 3.01. The quantitative estimate of drug-likeness (QED) is 0.478. The summed E-state index contributed by atoms with van der Waals surface area (Å²) >= 11 is 0. The van der Waals surface area contributed by atoms with Gasteiger partial charge in [0.25, 0.3) is 5.91 Å². The molecule has 1 spiro atoms. The van der Waals surface area contributed by atoms with Gasteiger partial charge in [-0.15, -0.1) is 0 Å². The van der Waals surface area contributed by atoms with E-state index in [4.69, 9.17) is 5.10 Å². The van der Waals surface area contributed by atoms with Gasteiger partial charge >= 0.3 is 0 Å². The standard InChI is InChI=1S/C31H34N4O/c36-29(34-30-15-21-11-23-13-24(17-30)31(23,16-21)19-30)26-18-32-35-25(12-20-7-3-1-4-8-20)14-27(33-28(26)35)22-9-5-2-6-10-22/h1-10,18,21,23-25,27,33H,11-17,19H2,(H,34,36)/t21?,23?,24?,25-,27-,30?,31?/m1/s1. The van der Waals surface area contributed by atoms with Crippen molar-refractivity contribution < 1.29 is 4.79 Å². The Bertz CT molecular complexity index is 1310. The number of nitrogens with zero attached hydrogens (tertiary/aromatic N) is 2. The summed E-state index contributed by atoms with van der Waals surface area (Å²) in [5.74, 6) is 3.53. The van der Waals surface area contributed by atoms with Crippen molar-refractivity contribution in [3.8, 4) is 0 Å². The molecular weight excluding hydrogens is 444 g/mol. The average molecular weight is 479 g/mol. The second-order valence-electron chi connectivity index (χ2n) is 12.5. The van der Waals surface area contributed by atoms with E-state index in [-0.39, 0.29) is 23.5 Å². The normalized spacial score (nSPS) is 37.1. The molecule has 4 saturated carbocycles. The molecule has 5 heteroatoms. The minimum Gasteiger partial charge on any atom is -0.363 e. The molecule has 2 N–H and O–H groups in total. The molecular formula is C31H34N4O. The highest BCUT2D eigenvalue weighted by Gasteiger charge is 2.71. The van der Waals surface area contributed by atoms with Gasteiger partial charge in [-0.3, -0.25) is 4.79 Å². The maximum Gasteiger partial charge on any atom is 0.257 e. The van der Waals surface area contributed by atoms with Gasteiger partial charge in [-0.25, -0.2) is 4.68 Å². The first-order valence-corrected chi connectivity index (χ1v) is 13.9. The maximum absolute atomic E-state index is 13.9. The van der Waals surface area contributed by atoms with Gasteiger partial charge in [-0.2, -0.15) is 5.10 Å². The number of aromatic nitrogens is 2. The molecule has 5 nitrogen and oxygen atoms in total. The van der Waals surface area contributed by atoms with Gasteiger partial charge in [0.1, 0.15) is 11.4 Å². The Morgan fingerprint density at radius 2 is 1.78 bits per heavy atom. The molecule has 0 saturated heterocycles. The molecule has 184 valence electrons. The van der Waals surface area contributed by atoms with Gasteiger partial charge in [0.15, 0.2) is 0 Å². The number of nitrogens with one attached hydrogen (secondary N) is 2. The summed E-state index contributed by atoms with van der Waals surface area (Å²) in [5.41, 5.74) is 3.83. The Morgan fingerprint density at radius 3 is 2.61 bits per heavy atom. The molecule has 5 aliphatic rings. The fourth-order valence-corrected chi connectivity index (χ4v) is 9.32. The maximum atomic E-state index is 13.9. The molecule has 5 unspecified atom stereocenters. The second kappa shape index (κ2) is 7.47. The van der Waals surface area contributed by atoms with Gasteiger partial charge in [-0.1, -0.05) is 60.7 Å². The van der Waals surface area contributed by atoms with Crippen LogP contribution in [-0.4, -0.2) is 21.2 Å². The van der Waals surface area contributed by atoms with E-state index in [1.165, 1.54) is 49.7 Å². The number of benzene rings is 2. The van der Waals surface area contributed by atoms with Gasteiger partial charge in [0.05, 0.1) is 18.3 Å². The van der Waals surface area contributed by atoms with Crippen molar-refractivity contribution in [1.29, 1.82) is 0 Å². The lowest BCUT2D eigenvalue weighted by atomic mass is 9.56. The Hall–Kier alpha value is -3.08. The summed E-state index contributed by atoms with van der Waals surface area (Å²) in [6, 6.07) is 21.6. The van der Waals surface area contributed by atoms with Gasteiger partial charge in [0, 0.05) is 5.54 Å². The van der Waals surface area contributed by atoms with Crippen molar-refractivity contribution in [3.05, 3.63) is 83.6 Å². The molecule has 1 aromatic heterocycles. The smallest absolute Gasteiger partial charge is 0.257 e. The van der Waals surface area contributed by atoms with Crippen LogP contribution < -0.4 is 10.6 Å². The second-order valence-corrected chi connectivity index (χ2v) is 12.5. The predicted molar refractivity (Wildman–Crippen MR) is 140 cm³/mol. The lowest BCUT2D eigenvalue weighted by Crippen LogP contribution is -2.50. The van der Waals surface area contributed by atoms with Crippen LogP contribution in [0.15, 0.2) is 66.9 Å². The first-order chi connectivity index (χ1) is 17.6. The predicted octanol–water partition coefficient (Wildman–Crippen LogP) is 5.92. The lowest BCUT2D eigenvalue weighted by molar-refractivity contribution is -0.000690. The summed E-state index contributed by atoms with van der Waals surface area (Å²) in [6.07, 6.45) is 11.4. The van der Waals surface area contributed by atoms with Crippen molar-refractivity contribution >= 4 is 11.7 Å². The molecule has 0 radical (unpaired) electrons. The zero-order valence-electron chi connectivity index (χ0n) is 20.7. The van der Waals surface area contributed by atoms with E-state index in [9.17, 15) is 4.79 Å². The fraction of sp³-hybridized carbons (Fsp3) is 0.484. The molecule has 1 amide bonds. The van der Waals surface area contributed by atoms with Gasteiger partial charge < -0.3 is 10.6 Å². The minimum atomic E-state index is 0.00166. The highest BCUT2D eigenvalue weighted by Crippen LogP contribution is 2.76. The van der Waals surface area contributed by atoms with Crippen molar-refractivity contribution in [2.24, 2.45) is 23.2 Å². The first kappa shape index (κ1) is 21.0. The van der Waals surface area contributed by atoms with E-state index in [0.717, 1.165) is 36.4 Å². The zero-order chi connectivity index (χ0) is 23.9. The number of hydrogen-bond donors (Lipinski definition) is 2. The number of carbonyl (C=O) groups is 1. The molecule has 7 atom stereocenters. The fourth-order valence-electron chi connectivity index (χ4n) is 9.32. The number of carbonyl (C=O) groups excluding carboxylic acids is 1. The number of rotatable bonds is 5. The monoisotopic (exact) mass is 478 g/mol. The largest absolute Gasteiger partial charge is 0.363 e. The van der Waals surface area contributed by atoms with Crippen molar-refractivity contribution in [2.45, 2.75) is 69.0 Å². The van der Waals surface area contributed by atoms with E-state index in [0.29, 0.717) is 11.0 Å². The lowest BCUT2D eigenvalue weighted by Gasteiger charge is -2.49. The highest BCUT2D eigenvalue weighted by molar-refractivity contribution is 5.99. The van der Waals surface area contributed by atoms with E-state index in [1.54, 1.807) is 0 Å². The minimum absolute atomic E-state index is 0.00166. The molecule has 3 bridgehead atoms. The number of amides is 1. The molecule has 1 aliphatic heterocycles. The third-order valence-electron chi connectivity index (χ3n) is 10.6. The first-order valence-electron chi connectivity index (χ1n) is 13.9. The van der Waals surface area contributed by atoms with E-state index < -0.39 is 0 Å². The van der Waals surface area contributed by atoms with Crippen LogP contribution in [-0.2, 0) is 6.42 Å². The SMILES string of the molecule is O=C(NC12CC3CC4CC(C1)C4(C3)C2)c1cnn2c1N[C@@H](c1ccccc1)C[C@H]2Cc1ccccc1. The molecule has 3 aromatic rings. The van der Waals surface area contributed by atoms with Gasteiger partial charge in [0.2, 0.25) is 0 Å². The summed E-state index contributed by atoms with van der Waals surface area (Å²) in [4.78, 5) is 13.9. The zero-order valence-corrected chi connectivity index (χ0v) is 20.7. The van der Waals surface area contributed by atoms with Crippen LogP contribution in [0.4, 0.5) is 5.82 Å². The summed E-state index contributed by atoms with van der Waals surface area (Å²) in [6.45, 7) is 0. The van der Waals surface area contributed by atoms with E-state index >= 15 is 0 Å². The molecule has 4 fully saturated rings. The topological polar surface area (TPSA) is 59.0 Å². The van der Waals surface area contributed by atoms with Crippen LogP contribution in [0.25, 0.3) is 0 Å². The summed E-state index contributed by atoms with van der Waals surface area (Å²) < 4.78 is 2.08. The number of hydrogen-bond acceptors (Lipinski definition) is 3. The highest BCUT2D eigenvalue weighted by atomic mass is 16.2. The molecule has 4 aliphatic carbocycles. The summed E-state index contributed by atoms with van der Waals surface area (Å²) in [5, 5.41) is 12.1. The molecule has 2 aromatic carbocycles. The van der Waals surface area contributed by atoms with E-state index in [2.05, 4.69) is 76.0 Å². The third-order valence-corrected chi connectivity index (χ3v) is 10.6. The average Bonchev–Trinajstić information content (AvgIpc) is 3.46.